The third-order valence-electron chi connectivity index (χ3n) is 3.31. The number of esters is 2. The van der Waals surface area contributed by atoms with Crippen molar-refractivity contribution in [3.63, 3.8) is 0 Å². The van der Waals surface area contributed by atoms with E-state index in [1.165, 1.54) is 0 Å². The van der Waals surface area contributed by atoms with E-state index < -0.39 is 15.7 Å². The van der Waals surface area contributed by atoms with Gasteiger partial charge in [0.25, 0.3) is 0 Å². The highest BCUT2D eigenvalue weighted by atomic mass is 79.9. The Morgan fingerprint density at radius 3 is 1.71 bits per heavy atom. The smallest absolute Gasteiger partial charge is 0.322 e. The van der Waals surface area contributed by atoms with Crippen LogP contribution in [-0.4, -0.2) is 49.0 Å². The van der Waals surface area contributed by atoms with Crippen molar-refractivity contribution in [2.75, 3.05) is 26.4 Å². The molecular formula is C20H27BrO7. The van der Waals surface area contributed by atoms with Gasteiger partial charge in [-0.25, -0.2) is 0 Å². The first kappa shape index (κ1) is 23.9. The Labute approximate surface area is 173 Å². The highest BCUT2D eigenvalue weighted by molar-refractivity contribution is 9.10. The van der Waals surface area contributed by atoms with Crippen molar-refractivity contribution in [2.45, 2.75) is 38.9 Å². The van der Waals surface area contributed by atoms with E-state index in [0.717, 1.165) is 0 Å². The second kappa shape index (κ2) is 10.5. The first-order valence-corrected chi connectivity index (χ1v) is 9.62. The molecule has 0 bridgehead atoms. The minimum atomic E-state index is -0.762. The van der Waals surface area contributed by atoms with E-state index in [-0.39, 0.29) is 32.4 Å². The maximum absolute atomic E-state index is 11.7. The van der Waals surface area contributed by atoms with E-state index >= 15 is 0 Å². The van der Waals surface area contributed by atoms with Crippen LogP contribution in [0.3, 0.4) is 0 Å². The number of halogens is 1. The zero-order chi connectivity index (χ0) is 21.4. The standard InChI is InChI=1S/C20H27BrO7/c1-19(2,3)17(23)27-8-6-25-15-10-14(13-22)11-16(12-15)26-7-9-28-18(24)20(4,5)21/h10-13H,6-9H2,1-5H3. The topological polar surface area (TPSA) is 88.1 Å². The van der Waals surface area contributed by atoms with Crippen LogP contribution in [0, 0.1) is 5.41 Å². The number of carbonyl (C=O) groups is 3. The van der Waals surface area contributed by atoms with E-state index in [1.807, 2.05) is 0 Å². The molecule has 1 rings (SSSR count). The van der Waals surface area contributed by atoms with Gasteiger partial charge in [0.2, 0.25) is 0 Å². The van der Waals surface area contributed by atoms with Gasteiger partial charge >= 0.3 is 11.9 Å². The highest BCUT2D eigenvalue weighted by Crippen LogP contribution is 2.23. The molecule has 0 unspecified atom stereocenters. The third kappa shape index (κ3) is 8.73. The highest BCUT2D eigenvalue weighted by Gasteiger charge is 2.25. The third-order valence-corrected chi connectivity index (χ3v) is 3.63. The van der Waals surface area contributed by atoms with Crippen molar-refractivity contribution in [1.29, 1.82) is 0 Å². The van der Waals surface area contributed by atoms with Crippen LogP contribution in [0.15, 0.2) is 18.2 Å². The zero-order valence-corrected chi connectivity index (χ0v) is 18.5. The molecule has 0 atom stereocenters. The summed E-state index contributed by atoms with van der Waals surface area (Å²) >= 11 is 3.22. The molecule has 156 valence electrons. The number of ether oxygens (including phenoxy) is 4. The van der Waals surface area contributed by atoms with Crippen LogP contribution in [0.5, 0.6) is 11.5 Å². The van der Waals surface area contributed by atoms with E-state index in [1.54, 1.807) is 52.8 Å². The van der Waals surface area contributed by atoms with Crippen LogP contribution in [0.4, 0.5) is 0 Å². The fraction of sp³-hybridized carbons (Fsp3) is 0.550. The number of alkyl halides is 1. The molecule has 8 heteroatoms. The van der Waals surface area contributed by atoms with Gasteiger partial charge in [-0.05, 0) is 46.8 Å². The molecule has 0 N–H and O–H groups in total. The Balaban J connectivity index is 2.53. The normalized spacial score (nSPS) is 11.5. The van der Waals surface area contributed by atoms with Crippen molar-refractivity contribution in [2.24, 2.45) is 5.41 Å². The number of carbonyl (C=O) groups excluding carboxylic acids is 3. The molecule has 0 saturated heterocycles. The van der Waals surface area contributed by atoms with Gasteiger partial charge in [-0.1, -0.05) is 15.9 Å². The Hall–Kier alpha value is -2.09. The average molecular weight is 459 g/mol. The lowest BCUT2D eigenvalue weighted by atomic mass is 9.97. The monoisotopic (exact) mass is 458 g/mol. The van der Waals surface area contributed by atoms with Crippen molar-refractivity contribution in [3.05, 3.63) is 23.8 Å². The summed E-state index contributed by atoms with van der Waals surface area (Å²) < 4.78 is 20.5. The number of hydrogen-bond acceptors (Lipinski definition) is 7. The van der Waals surface area contributed by atoms with Crippen LogP contribution in [-0.2, 0) is 19.1 Å². The maximum atomic E-state index is 11.7. The average Bonchev–Trinajstić information content (AvgIpc) is 2.60. The zero-order valence-electron chi connectivity index (χ0n) is 16.9. The Morgan fingerprint density at radius 1 is 0.857 bits per heavy atom. The van der Waals surface area contributed by atoms with Crippen LogP contribution in [0.25, 0.3) is 0 Å². The molecule has 0 saturated carbocycles. The maximum Gasteiger partial charge on any atom is 0.322 e. The number of hydrogen-bond donors (Lipinski definition) is 0. The van der Waals surface area contributed by atoms with E-state index in [4.69, 9.17) is 18.9 Å². The summed E-state index contributed by atoms with van der Waals surface area (Å²) in [7, 11) is 0. The molecular weight excluding hydrogens is 432 g/mol. The molecule has 28 heavy (non-hydrogen) atoms. The fourth-order valence-corrected chi connectivity index (χ4v) is 1.92. The number of aldehydes is 1. The van der Waals surface area contributed by atoms with Gasteiger partial charge in [-0.3, -0.25) is 14.4 Å². The van der Waals surface area contributed by atoms with Gasteiger partial charge in [-0.2, -0.15) is 0 Å². The predicted molar refractivity (Wildman–Crippen MR) is 107 cm³/mol. The van der Waals surface area contributed by atoms with Crippen molar-refractivity contribution in [3.8, 4) is 11.5 Å². The summed E-state index contributed by atoms with van der Waals surface area (Å²) in [4.78, 5) is 34.5. The summed E-state index contributed by atoms with van der Waals surface area (Å²) in [6, 6.07) is 4.71. The molecule has 0 fully saturated rings. The van der Waals surface area contributed by atoms with Gasteiger partial charge in [-0.15, -0.1) is 0 Å². The van der Waals surface area contributed by atoms with Gasteiger partial charge in [0.1, 0.15) is 48.5 Å². The van der Waals surface area contributed by atoms with E-state index in [9.17, 15) is 14.4 Å². The van der Waals surface area contributed by atoms with Gasteiger partial charge in [0.05, 0.1) is 5.41 Å². The Kier molecular flexibility index (Phi) is 8.94. The SMILES string of the molecule is CC(C)(C)C(=O)OCCOc1cc(C=O)cc(OCCOC(=O)C(C)(C)Br)c1. The molecule has 0 aliphatic rings. The summed E-state index contributed by atoms with van der Waals surface area (Å²) in [5.41, 5.74) is -0.205. The van der Waals surface area contributed by atoms with Crippen LogP contribution in [0.1, 0.15) is 45.0 Å². The Bertz CT molecular complexity index is 635. The van der Waals surface area contributed by atoms with E-state index in [0.29, 0.717) is 23.3 Å². The van der Waals surface area contributed by atoms with Crippen LogP contribution in [0.2, 0.25) is 0 Å². The molecule has 7 nitrogen and oxygen atoms in total. The molecule has 1 aromatic rings. The molecule has 0 aromatic heterocycles. The lowest BCUT2D eigenvalue weighted by Crippen LogP contribution is -2.28. The van der Waals surface area contributed by atoms with Crippen LogP contribution >= 0.6 is 15.9 Å². The van der Waals surface area contributed by atoms with Gasteiger partial charge < -0.3 is 18.9 Å². The molecule has 0 spiro atoms. The fourth-order valence-electron chi connectivity index (χ4n) is 1.80. The molecule has 0 aliphatic carbocycles. The summed E-state index contributed by atoms with van der Waals surface area (Å²) in [5.74, 6) is 0.0972. The first-order valence-electron chi connectivity index (χ1n) is 8.82. The lowest BCUT2D eigenvalue weighted by Gasteiger charge is -2.17. The minimum Gasteiger partial charge on any atom is -0.490 e. The summed E-state index contributed by atoms with van der Waals surface area (Å²) in [6.45, 7) is 9.10. The largest absolute Gasteiger partial charge is 0.490 e. The second-order valence-electron chi connectivity index (χ2n) is 7.55. The quantitative estimate of drug-likeness (QED) is 0.229. The Morgan fingerprint density at radius 2 is 1.32 bits per heavy atom. The van der Waals surface area contributed by atoms with Crippen molar-refractivity contribution < 1.29 is 33.3 Å². The molecule has 0 radical (unpaired) electrons. The first-order chi connectivity index (χ1) is 12.9. The number of benzene rings is 1. The summed E-state index contributed by atoms with van der Waals surface area (Å²) in [6.07, 6.45) is 0.673. The van der Waals surface area contributed by atoms with Gasteiger partial charge in [0.15, 0.2) is 0 Å². The van der Waals surface area contributed by atoms with Crippen molar-refractivity contribution in [1.82, 2.24) is 0 Å². The van der Waals surface area contributed by atoms with Crippen molar-refractivity contribution >= 4 is 34.2 Å². The van der Waals surface area contributed by atoms with E-state index in [2.05, 4.69) is 15.9 Å². The molecule has 0 amide bonds. The number of rotatable bonds is 10. The lowest BCUT2D eigenvalue weighted by molar-refractivity contribution is -0.153. The van der Waals surface area contributed by atoms with Gasteiger partial charge in [0, 0.05) is 11.6 Å². The van der Waals surface area contributed by atoms with Crippen LogP contribution < -0.4 is 9.47 Å². The predicted octanol–water partition coefficient (Wildman–Crippen LogP) is 3.56. The second-order valence-corrected chi connectivity index (χ2v) is 9.53. The molecule has 1 aromatic carbocycles. The minimum absolute atomic E-state index is 0.0676. The molecule has 0 aliphatic heterocycles. The summed E-state index contributed by atoms with van der Waals surface area (Å²) in [5, 5.41) is 0. The molecule has 0 heterocycles.